The van der Waals surface area contributed by atoms with Gasteiger partial charge in [0.1, 0.15) is 5.75 Å². The van der Waals surface area contributed by atoms with Crippen LogP contribution in [0.25, 0.3) is 0 Å². The van der Waals surface area contributed by atoms with Crippen molar-refractivity contribution in [1.82, 2.24) is 14.5 Å². The Kier molecular flexibility index (Phi) is 4.56. The number of likely N-dealkylation sites (tertiary alicyclic amines) is 1. The Labute approximate surface area is 144 Å². The van der Waals surface area contributed by atoms with Gasteiger partial charge in [0.2, 0.25) is 0 Å². The van der Waals surface area contributed by atoms with Crippen molar-refractivity contribution in [1.29, 1.82) is 0 Å². The third-order valence-electron chi connectivity index (χ3n) is 5.52. The molecular formula is C20H27N3O. The summed E-state index contributed by atoms with van der Waals surface area (Å²) in [6, 6.07) is 4.69. The molecule has 0 bridgehead atoms. The number of benzene rings is 1. The van der Waals surface area contributed by atoms with Gasteiger partial charge >= 0.3 is 0 Å². The average molecular weight is 325 g/mol. The summed E-state index contributed by atoms with van der Waals surface area (Å²) in [5, 5.41) is 0. The topological polar surface area (TPSA) is 30.3 Å². The van der Waals surface area contributed by atoms with E-state index in [9.17, 15) is 0 Å². The molecule has 1 aliphatic heterocycles. The Morgan fingerprint density at radius 3 is 2.88 bits per heavy atom. The van der Waals surface area contributed by atoms with E-state index in [2.05, 4.69) is 32.8 Å². The number of piperidine rings is 1. The molecular weight excluding hydrogens is 298 g/mol. The molecule has 2 heterocycles. The largest absolute Gasteiger partial charge is 0.496 e. The van der Waals surface area contributed by atoms with Crippen LogP contribution in [-0.2, 0) is 25.9 Å². The Hall–Kier alpha value is -1.81. The first-order valence-corrected chi connectivity index (χ1v) is 9.18. The minimum Gasteiger partial charge on any atom is -0.496 e. The zero-order chi connectivity index (χ0) is 16.4. The number of nitrogens with zero attached hydrogens (tertiary/aromatic N) is 3. The maximum atomic E-state index is 5.69. The molecule has 2 aliphatic rings. The molecule has 1 aromatic heterocycles. The molecule has 1 aromatic carbocycles. The number of fused-ring (bicyclic) bond motifs is 1. The molecule has 4 rings (SSSR count). The van der Waals surface area contributed by atoms with Gasteiger partial charge in [0.05, 0.1) is 13.4 Å². The molecule has 0 spiro atoms. The lowest BCUT2D eigenvalue weighted by Gasteiger charge is -2.33. The summed E-state index contributed by atoms with van der Waals surface area (Å²) in [6.07, 6.45) is 12.2. The SMILES string of the molecule is COc1cc2c(cc1CN1CCC[C@@H](Cn3ccnc3)C1)CCC2. The van der Waals surface area contributed by atoms with Crippen molar-refractivity contribution in [2.75, 3.05) is 20.2 Å². The lowest BCUT2D eigenvalue weighted by Crippen LogP contribution is -2.36. The second-order valence-electron chi connectivity index (χ2n) is 7.29. The molecule has 2 aromatic rings. The van der Waals surface area contributed by atoms with Gasteiger partial charge in [0.25, 0.3) is 0 Å². The normalized spacial score (nSPS) is 21.0. The van der Waals surface area contributed by atoms with E-state index in [4.69, 9.17) is 4.74 Å². The molecule has 4 nitrogen and oxygen atoms in total. The van der Waals surface area contributed by atoms with Crippen molar-refractivity contribution in [3.05, 3.63) is 47.5 Å². The highest BCUT2D eigenvalue weighted by Gasteiger charge is 2.22. The molecule has 1 aliphatic carbocycles. The van der Waals surface area contributed by atoms with Crippen LogP contribution in [0.3, 0.4) is 0 Å². The van der Waals surface area contributed by atoms with Crippen LogP contribution in [0.15, 0.2) is 30.9 Å². The van der Waals surface area contributed by atoms with Gasteiger partial charge in [-0.15, -0.1) is 0 Å². The zero-order valence-electron chi connectivity index (χ0n) is 14.6. The molecule has 128 valence electrons. The van der Waals surface area contributed by atoms with E-state index in [-0.39, 0.29) is 0 Å². The maximum absolute atomic E-state index is 5.69. The summed E-state index contributed by atoms with van der Waals surface area (Å²) in [6.45, 7) is 4.45. The van der Waals surface area contributed by atoms with E-state index in [1.807, 2.05) is 12.5 Å². The summed E-state index contributed by atoms with van der Waals surface area (Å²) in [4.78, 5) is 6.76. The third-order valence-corrected chi connectivity index (χ3v) is 5.52. The molecule has 1 atom stereocenters. The molecule has 24 heavy (non-hydrogen) atoms. The number of ether oxygens (including phenoxy) is 1. The first kappa shape index (κ1) is 15.7. The van der Waals surface area contributed by atoms with Crippen molar-refractivity contribution in [2.24, 2.45) is 5.92 Å². The predicted molar refractivity (Wildman–Crippen MR) is 95.2 cm³/mol. The van der Waals surface area contributed by atoms with Gasteiger partial charge in [-0.05, 0) is 61.8 Å². The van der Waals surface area contributed by atoms with Crippen molar-refractivity contribution in [3.8, 4) is 5.75 Å². The van der Waals surface area contributed by atoms with Gasteiger partial charge in [0.15, 0.2) is 0 Å². The Bertz CT molecular complexity index is 680. The van der Waals surface area contributed by atoms with Crippen LogP contribution in [0, 0.1) is 5.92 Å². The number of aromatic nitrogens is 2. The van der Waals surface area contributed by atoms with Crippen LogP contribution in [0.1, 0.15) is 36.0 Å². The molecule has 0 saturated carbocycles. The molecule has 4 heteroatoms. The maximum Gasteiger partial charge on any atom is 0.123 e. The number of imidazole rings is 1. The second-order valence-corrected chi connectivity index (χ2v) is 7.29. The van der Waals surface area contributed by atoms with E-state index >= 15 is 0 Å². The van der Waals surface area contributed by atoms with E-state index in [1.54, 1.807) is 7.11 Å². The monoisotopic (exact) mass is 325 g/mol. The summed E-state index contributed by atoms with van der Waals surface area (Å²) in [5.41, 5.74) is 4.39. The van der Waals surface area contributed by atoms with Gasteiger partial charge in [-0.2, -0.15) is 0 Å². The van der Waals surface area contributed by atoms with Crippen LogP contribution in [0.5, 0.6) is 5.75 Å². The first-order chi connectivity index (χ1) is 11.8. The third kappa shape index (κ3) is 3.34. The van der Waals surface area contributed by atoms with Crippen LogP contribution in [-0.4, -0.2) is 34.7 Å². The van der Waals surface area contributed by atoms with Crippen LogP contribution < -0.4 is 4.74 Å². The fourth-order valence-corrected chi connectivity index (χ4v) is 4.34. The van der Waals surface area contributed by atoms with Crippen LogP contribution >= 0.6 is 0 Å². The molecule has 0 amide bonds. The van der Waals surface area contributed by atoms with Gasteiger partial charge in [-0.25, -0.2) is 4.98 Å². The fourth-order valence-electron chi connectivity index (χ4n) is 4.34. The standard InChI is InChI=1S/C20H27N3O/c1-24-20-11-18-6-2-5-17(18)10-19(20)14-22-8-3-4-16(12-22)13-23-9-7-21-15-23/h7,9-11,15-16H,2-6,8,12-14H2,1H3/t16-/m1/s1. The number of rotatable bonds is 5. The van der Waals surface area contributed by atoms with E-state index in [0.29, 0.717) is 5.92 Å². The van der Waals surface area contributed by atoms with Gasteiger partial charge in [-0.1, -0.05) is 6.07 Å². The molecule has 0 radical (unpaired) electrons. The fraction of sp³-hybridized carbons (Fsp3) is 0.550. The number of hydrogen-bond acceptors (Lipinski definition) is 3. The summed E-state index contributed by atoms with van der Waals surface area (Å²) in [7, 11) is 1.80. The minimum atomic E-state index is 0.716. The Balaban J connectivity index is 1.44. The molecule has 1 fully saturated rings. The smallest absolute Gasteiger partial charge is 0.123 e. The van der Waals surface area contributed by atoms with Crippen molar-refractivity contribution < 1.29 is 4.74 Å². The van der Waals surface area contributed by atoms with Crippen LogP contribution in [0.4, 0.5) is 0 Å². The van der Waals surface area contributed by atoms with Crippen molar-refractivity contribution in [2.45, 2.75) is 45.2 Å². The number of hydrogen-bond donors (Lipinski definition) is 0. The van der Waals surface area contributed by atoms with Gasteiger partial charge < -0.3 is 9.30 Å². The molecule has 0 N–H and O–H groups in total. The quantitative estimate of drug-likeness (QED) is 0.845. The highest BCUT2D eigenvalue weighted by atomic mass is 16.5. The summed E-state index contributed by atoms with van der Waals surface area (Å²) in [5.74, 6) is 1.79. The minimum absolute atomic E-state index is 0.716. The lowest BCUT2D eigenvalue weighted by molar-refractivity contribution is 0.154. The van der Waals surface area contributed by atoms with Crippen molar-refractivity contribution >= 4 is 0 Å². The van der Waals surface area contributed by atoms with Gasteiger partial charge in [0, 0.05) is 37.6 Å². The number of aryl methyl sites for hydroxylation is 2. The van der Waals surface area contributed by atoms with E-state index < -0.39 is 0 Å². The summed E-state index contributed by atoms with van der Waals surface area (Å²) >= 11 is 0. The van der Waals surface area contributed by atoms with Crippen molar-refractivity contribution in [3.63, 3.8) is 0 Å². The molecule has 1 saturated heterocycles. The Morgan fingerprint density at radius 1 is 1.21 bits per heavy atom. The van der Waals surface area contributed by atoms with E-state index in [1.165, 1.54) is 61.9 Å². The Morgan fingerprint density at radius 2 is 2.08 bits per heavy atom. The zero-order valence-corrected chi connectivity index (χ0v) is 14.6. The highest BCUT2D eigenvalue weighted by Crippen LogP contribution is 2.31. The average Bonchev–Trinajstić information content (AvgIpc) is 3.25. The van der Waals surface area contributed by atoms with Crippen LogP contribution in [0.2, 0.25) is 0 Å². The van der Waals surface area contributed by atoms with E-state index in [0.717, 1.165) is 18.8 Å². The highest BCUT2D eigenvalue weighted by molar-refractivity contribution is 5.44. The second kappa shape index (κ2) is 6.98. The van der Waals surface area contributed by atoms with Gasteiger partial charge in [-0.3, -0.25) is 4.90 Å². The first-order valence-electron chi connectivity index (χ1n) is 9.18. The summed E-state index contributed by atoms with van der Waals surface area (Å²) < 4.78 is 7.90. The number of methoxy groups -OCH3 is 1. The molecule has 0 unspecified atom stereocenters. The lowest BCUT2D eigenvalue weighted by atomic mass is 9.97. The predicted octanol–water partition coefficient (Wildman–Crippen LogP) is 3.29.